The quantitative estimate of drug-likeness (QED) is 0.0184. The van der Waals surface area contributed by atoms with Crippen molar-refractivity contribution in [2.75, 3.05) is 26.4 Å². The van der Waals surface area contributed by atoms with Gasteiger partial charge in [0.2, 0.25) is 0 Å². The third kappa shape index (κ3) is 26.7. The first-order chi connectivity index (χ1) is 32.0. The van der Waals surface area contributed by atoms with E-state index in [1.165, 1.54) is 96.3 Å². The van der Waals surface area contributed by atoms with E-state index in [2.05, 4.69) is 38.2 Å². The molecule has 2 saturated heterocycles. The summed E-state index contributed by atoms with van der Waals surface area (Å²) in [6.45, 7) is 2.56. The average Bonchev–Trinajstić information content (AvgIpc) is 3.31. The van der Waals surface area contributed by atoms with E-state index in [1.54, 1.807) is 0 Å². The molecule has 2 aliphatic heterocycles. The van der Waals surface area contributed by atoms with E-state index in [4.69, 9.17) is 28.4 Å². The molecule has 0 aliphatic carbocycles. The lowest BCUT2D eigenvalue weighted by Gasteiger charge is -2.42. The Morgan fingerprint density at radius 1 is 0.470 bits per heavy atom. The zero-order valence-corrected chi connectivity index (χ0v) is 40.7. The van der Waals surface area contributed by atoms with Gasteiger partial charge in [-0.25, -0.2) is 0 Å². The molecule has 15 nitrogen and oxygen atoms in total. The Kier molecular flexibility index (Phi) is 35.3. The second-order valence-electron chi connectivity index (χ2n) is 18.3. The van der Waals surface area contributed by atoms with Crippen molar-refractivity contribution in [3.05, 3.63) is 24.3 Å². The lowest BCUT2D eigenvalue weighted by Crippen LogP contribution is -2.61. The van der Waals surface area contributed by atoms with Gasteiger partial charge in [-0.05, 0) is 64.2 Å². The molecule has 0 radical (unpaired) electrons. The summed E-state index contributed by atoms with van der Waals surface area (Å²) in [7, 11) is 0. The van der Waals surface area contributed by atoms with Gasteiger partial charge in [0.15, 0.2) is 18.7 Å². The molecular formula is C51H92O15. The fraction of sp³-hybridized carbons (Fsp3) is 0.882. The minimum absolute atomic E-state index is 0.135. The van der Waals surface area contributed by atoms with Crippen LogP contribution in [0.25, 0.3) is 0 Å². The number of unbranched alkanes of at least 4 members (excludes halogenated alkanes) is 22. The lowest BCUT2D eigenvalue weighted by atomic mass is 9.98. The maximum Gasteiger partial charge on any atom is 0.306 e. The topological polar surface area (TPSA) is 231 Å². The number of hydrogen-bond acceptors (Lipinski definition) is 15. The Labute approximate surface area is 396 Å². The summed E-state index contributed by atoms with van der Waals surface area (Å²) in [6, 6.07) is 0. The molecule has 66 heavy (non-hydrogen) atoms. The van der Waals surface area contributed by atoms with Crippen molar-refractivity contribution in [2.24, 2.45) is 0 Å². The Morgan fingerprint density at radius 2 is 0.864 bits per heavy atom. The summed E-state index contributed by atoms with van der Waals surface area (Å²) in [5.41, 5.74) is 0. The van der Waals surface area contributed by atoms with Gasteiger partial charge >= 0.3 is 11.9 Å². The van der Waals surface area contributed by atoms with Gasteiger partial charge in [-0.15, -0.1) is 0 Å². The smallest absolute Gasteiger partial charge is 0.306 e. The van der Waals surface area contributed by atoms with Crippen LogP contribution in [0.3, 0.4) is 0 Å². The SMILES string of the molecule is CCCCCCCC/C=C/CCCCCCCC(=O)OC[C@H](CO[C@@H]1O[C@H](CO[C@@H]2O[C@H](CO)[C@H](O)C(O)C2O)[C@H](O)C(O)C1O)OC(=O)CCCC/C=C/CCCCCCCCCCC. The highest BCUT2D eigenvalue weighted by molar-refractivity contribution is 5.70. The van der Waals surface area contributed by atoms with Crippen molar-refractivity contribution in [3.63, 3.8) is 0 Å². The van der Waals surface area contributed by atoms with Gasteiger partial charge in [0, 0.05) is 12.8 Å². The van der Waals surface area contributed by atoms with Crippen LogP contribution in [-0.2, 0) is 38.0 Å². The summed E-state index contributed by atoms with van der Waals surface area (Å²) in [5.74, 6) is -0.956. The van der Waals surface area contributed by atoms with Crippen LogP contribution in [0.5, 0.6) is 0 Å². The maximum atomic E-state index is 13.0. The molecule has 2 heterocycles. The molecule has 386 valence electrons. The minimum Gasteiger partial charge on any atom is -0.462 e. The molecule has 2 rings (SSSR count). The molecule has 15 heteroatoms. The fourth-order valence-corrected chi connectivity index (χ4v) is 8.09. The molecule has 0 aromatic rings. The maximum absolute atomic E-state index is 13.0. The number of carbonyl (C=O) groups is 2. The van der Waals surface area contributed by atoms with Crippen molar-refractivity contribution in [3.8, 4) is 0 Å². The van der Waals surface area contributed by atoms with Gasteiger partial charge in [-0.2, -0.15) is 0 Å². The first kappa shape index (κ1) is 60.1. The van der Waals surface area contributed by atoms with Crippen LogP contribution in [0.15, 0.2) is 24.3 Å². The van der Waals surface area contributed by atoms with E-state index in [-0.39, 0.29) is 19.4 Å². The molecule has 0 saturated carbocycles. The summed E-state index contributed by atoms with van der Waals surface area (Å²) >= 11 is 0. The van der Waals surface area contributed by atoms with Gasteiger partial charge < -0.3 is 64.2 Å². The second kappa shape index (κ2) is 38.8. The average molecular weight is 945 g/mol. The molecule has 0 aromatic carbocycles. The van der Waals surface area contributed by atoms with Crippen molar-refractivity contribution >= 4 is 11.9 Å². The van der Waals surface area contributed by atoms with E-state index in [1.807, 2.05) is 0 Å². The summed E-state index contributed by atoms with van der Waals surface area (Å²) in [4.78, 5) is 25.7. The number of ether oxygens (including phenoxy) is 6. The van der Waals surface area contributed by atoms with Crippen LogP contribution in [0.4, 0.5) is 0 Å². The highest BCUT2D eigenvalue weighted by Gasteiger charge is 2.47. The third-order valence-corrected chi connectivity index (χ3v) is 12.4. The summed E-state index contributed by atoms with van der Waals surface area (Å²) in [6.07, 6.45) is 22.1. The van der Waals surface area contributed by atoms with E-state index < -0.39 is 99.3 Å². The van der Waals surface area contributed by atoms with Crippen molar-refractivity contribution < 1.29 is 73.8 Å². The first-order valence-electron chi connectivity index (χ1n) is 25.9. The highest BCUT2D eigenvalue weighted by atomic mass is 16.7. The van der Waals surface area contributed by atoms with Crippen molar-refractivity contribution in [2.45, 2.75) is 261 Å². The number of aliphatic hydroxyl groups is 7. The zero-order valence-electron chi connectivity index (χ0n) is 40.7. The molecule has 2 fully saturated rings. The number of esters is 2. The van der Waals surface area contributed by atoms with E-state index in [0.29, 0.717) is 12.8 Å². The number of hydrogen-bond donors (Lipinski definition) is 7. The lowest BCUT2D eigenvalue weighted by molar-refractivity contribution is -0.332. The van der Waals surface area contributed by atoms with Crippen molar-refractivity contribution in [1.82, 2.24) is 0 Å². The van der Waals surface area contributed by atoms with Gasteiger partial charge in [0.1, 0.15) is 55.4 Å². The molecule has 4 unspecified atom stereocenters. The van der Waals surface area contributed by atoms with E-state index in [9.17, 15) is 45.3 Å². The second-order valence-corrected chi connectivity index (χ2v) is 18.3. The van der Waals surface area contributed by atoms with Crippen LogP contribution in [-0.4, -0.2) is 142 Å². The van der Waals surface area contributed by atoms with E-state index in [0.717, 1.165) is 57.8 Å². The van der Waals surface area contributed by atoms with Gasteiger partial charge in [0.05, 0.1) is 19.8 Å². The van der Waals surface area contributed by atoms with Gasteiger partial charge in [-0.1, -0.05) is 141 Å². The number of allylic oxidation sites excluding steroid dienone is 4. The molecule has 2 aliphatic rings. The predicted molar refractivity (Wildman–Crippen MR) is 252 cm³/mol. The molecule has 0 aromatic heterocycles. The Morgan fingerprint density at radius 3 is 1.36 bits per heavy atom. The zero-order chi connectivity index (χ0) is 48.2. The Hall–Kier alpha value is -2.02. The fourth-order valence-electron chi connectivity index (χ4n) is 8.09. The normalized spacial score (nSPS) is 26.3. The van der Waals surface area contributed by atoms with Crippen LogP contribution >= 0.6 is 0 Å². The molecule has 7 N–H and O–H groups in total. The van der Waals surface area contributed by atoms with Gasteiger partial charge in [0.25, 0.3) is 0 Å². The molecular weight excluding hydrogens is 853 g/mol. The predicted octanol–water partition coefficient (Wildman–Crippen LogP) is 7.16. The number of carbonyl (C=O) groups excluding carboxylic acids is 2. The van der Waals surface area contributed by atoms with Crippen LogP contribution in [0.2, 0.25) is 0 Å². The standard InChI is InChI=1S/C51H92O15/c1-3-5-7-9-11-13-15-17-19-21-23-25-27-29-31-33-42(53)61-36-39(64-43(54)34-32-30-28-26-24-22-20-18-16-14-12-10-8-6-4-2)37-62-50-49(60)47(58)45(56)41(66-50)38-63-51-48(59)46(57)44(55)40(35-52)65-51/h17,19,24,26,39-41,44-52,55-60H,3-16,18,20-23,25,27-38H2,1-2H3/b19-17+,26-24+/t39-,40-,41-,44+,45+,46?,47?,48?,49?,50-,51-/m1/s1. The molecule has 0 spiro atoms. The van der Waals surface area contributed by atoms with Crippen LogP contribution in [0, 0.1) is 0 Å². The van der Waals surface area contributed by atoms with Crippen LogP contribution in [0.1, 0.15) is 194 Å². The number of aliphatic hydroxyl groups excluding tert-OH is 7. The number of rotatable bonds is 40. The molecule has 11 atom stereocenters. The summed E-state index contributed by atoms with van der Waals surface area (Å²) in [5, 5.41) is 72.0. The Bertz CT molecular complexity index is 1250. The molecule has 0 amide bonds. The first-order valence-corrected chi connectivity index (χ1v) is 25.9. The summed E-state index contributed by atoms with van der Waals surface area (Å²) < 4.78 is 33.5. The monoisotopic (exact) mass is 945 g/mol. The largest absolute Gasteiger partial charge is 0.462 e. The van der Waals surface area contributed by atoms with Crippen molar-refractivity contribution in [1.29, 1.82) is 0 Å². The highest BCUT2D eigenvalue weighted by Crippen LogP contribution is 2.26. The van der Waals surface area contributed by atoms with Gasteiger partial charge in [-0.3, -0.25) is 9.59 Å². The third-order valence-electron chi connectivity index (χ3n) is 12.4. The van der Waals surface area contributed by atoms with Crippen LogP contribution < -0.4 is 0 Å². The molecule has 0 bridgehead atoms. The minimum atomic E-state index is -1.77. The van der Waals surface area contributed by atoms with E-state index >= 15 is 0 Å². The Balaban J connectivity index is 1.82.